The van der Waals surface area contributed by atoms with E-state index in [1.54, 1.807) is 18.2 Å². The highest BCUT2D eigenvalue weighted by Crippen LogP contribution is 2.55. The Kier molecular flexibility index (Phi) is 3.19. The zero-order valence-corrected chi connectivity index (χ0v) is 14.2. The molecular weight excluding hydrogens is 341 g/mol. The van der Waals surface area contributed by atoms with Crippen molar-refractivity contribution >= 4 is 22.9 Å². The van der Waals surface area contributed by atoms with Crippen molar-refractivity contribution in [1.82, 2.24) is 0 Å². The highest BCUT2D eigenvalue weighted by molar-refractivity contribution is 6.22. The first kappa shape index (κ1) is 15.7. The Labute approximate surface area is 155 Å². The first-order valence-electron chi connectivity index (χ1n) is 8.62. The molecule has 2 aromatic carbocycles. The lowest BCUT2D eigenvalue weighted by Crippen LogP contribution is -2.42. The summed E-state index contributed by atoms with van der Waals surface area (Å²) in [5.41, 5.74) is 3.73. The second-order valence-electron chi connectivity index (χ2n) is 6.68. The maximum absolute atomic E-state index is 13.4. The van der Waals surface area contributed by atoms with Crippen LogP contribution in [-0.2, 0) is 10.2 Å². The van der Waals surface area contributed by atoms with Crippen molar-refractivity contribution in [3.8, 4) is 0 Å². The number of para-hydroxylation sites is 1. The fourth-order valence-electron chi connectivity index (χ4n) is 4.27. The number of carboxylic acid groups (broad SMARTS) is 1. The van der Waals surface area contributed by atoms with Gasteiger partial charge in [0.15, 0.2) is 0 Å². The Morgan fingerprint density at radius 1 is 1.00 bits per heavy atom. The number of hydrogen-bond donors (Lipinski definition) is 1. The number of carbonyl (C=O) groups is 1. The number of rotatable bonds is 2. The minimum atomic E-state index is -1.01. The maximum atomic E-state index is 13.4. The summed E-state index contributed by atoms with van der Waals surface area (Å²) >= 11 is 0. The van der Waals surface area contributed by atoms with Gasteiger partial charge < -0.3 is 5.11 Å². The van der Waals surface area contributed by atoms with E-state index >= 15 is 0 Å². The summed E-state index contributed by atoms with van der Waals surface area (Å²) in [6.45, 7) is 0. The molecule has 1 aliphatic heterocycles. The Hall–Kier alpha value is -3.53. The third kappa shape index (κ3) is 2.01. The molecule has 130 valence electrons. The first-order valence-corrected chi connectivity index (χ1v) is 8.62. The minimum Gasteiger partial charge on any atom is -0.478 e. The highest BCUT2D eigenvalue weighted by Gasteiger charge is 2.53. The standard InChI is InChI=1S/C23H14FNO2/c24-16-11-8-14(9-12-16)17-13-10-15-4-3-7-20-23(15,21(17)22(26)27)18-5-1-2-6-19(18)25-20/h1-13H,(H,26,27). The molecule has 0 radical (unpaired) electrons. The zero-order valence-electron chi connectivity index (χ0n) is 14.2. The summed E-state index contributed by atoms with van der Waals surface area (Å²) in [6, 6.07) is 13.5. The van der Waals surface area contributed by atoms with E-state index in [0.717, 1.165) is 16.8 Å². The molecule has 1 heterocycles. The van der Waals surface area contributed by atoms with Crippen LogP contribution < -0.4 is 0 Å². The molecule has 5 rings (SSSR count). The van der Waals surface area contributed by atoms with Gasteiger partial charge in [-0.2, -0.15) is 0 Å². The van der Waals surface area contributed by atoms with E-state index in [1.807, 2.05) is 48.6 Å². The van der Waals surface area contributed by atoms with E-state index < -0.39 is 11.4 Å². The molecule has 1 atom stereocenters. The maximum Gasteiger partial charge on any atom is 0.333 e. The van der Waals surface area contributed by atoms with Crippen molar-refractivity contribution in [3.63, 3.8) is 0 Å². The van der Waals surface area contributed by atoms with Gasteiger partial charge in [-0.15, -0.1) is 0 Å². The van der Waals surface area contributed by atoms with Crippen molar-refractivity contribution in [2.24, 2.45) is 4.99 Å². The second kappa shape index (κ2) is 5.48. The van der Waals surface area contributed by atoms with Gasteiger partial charge in [0, 0.05) is 0 Å². The number of fused-ring (bicyclic) bond motifs is 1. The smallest absolute Gasteiger partial charge is 0.333 e. The lowest BCUT2D eigenvalue weighted by atomic mass is 9.61. The fourth-order valence-corrected chi connectivity index (χ4v) is 4.27. The van der Waals surface area contributed by atoms with Crippen molar-refractivity contribution in [2.75, 3.05) is 0 Å². The van der Waals surface area contributed by atoms with E-state index in [4.69, 9.17) is 4.99 Å². The molecule has 2 aromatic rings. The van der Waals surface area contributed by atoms with Crippen LogP contribution in [0.2, 0.25) is 0 Å². The van der Waals surface area contributed by atoms with Gasteiger partial charge in [0.05, 0.1) is 22.4 Å². The Morgan fingerprint density at radius 3 is 2.56 bits per heavy atom. The molecule has 2 aliphatic carbocycles. The van der Waals surface area contributed by atoms with Crippen LogP contribution in [0.15, 0.2) is 95.0 Å². The van der Waals surface area contributed by atoms with Gasteiger partial charge in [0.25, 0.3) is 0 Å². The van der Waals surface area contributed by atoms with Gasteiger partial charge in [-0.1, -0.05) is 54.6 Å². The number of benzene rings is 2. The quantitative estimate of drug-likeness (QED) is 0.845. The summed E-state index contributed by atoms with van der Waals surface area (Å²) in [7, 11) is 0. The van der Waals surface area contributed by atoms with Crippen LogP contribution in [0.4, 0.5) is 10.1 Å². The zero-order chi connectivity index (χ0) is 18.6. The number of aliphatic carboxylic acids is 1. The Morgan fingerprint density at radius 2 is 1.78 bits per heavy atom. The van der Waals surface area contributed by atoms with Crippen molar-refractivity contribution in [1.29, 1.82) is 0 Å². The summed E-state index contributed by atoms with van der Waals surface area (Å²) in [5.74, 6) is -1.37. The molecule has 0 fully saturated rings. The summed E-state index contributed by atoms with van der Waals surface area (Å²) < 4.78 is 13.4. The number of carboxylic acids is 1. The molecule has 0 bridgehead atoms. The van der Waals surface area contributed by atoms with E-state index in [1.165, 1.54) is 12.1 Å². The van der Waals surface area contributed by atoms with Gasteiger partial charge in [-0.05, 0) is 46.5 Å². The molecule has 3 nitrogen and oxygen atoms in total. The number of allylic oxidation sites excluding steroid dienone is 7. The molecule has 3 aliphatic rings. The molecule has 27 heavy (non-hydrogen) atoms. The van der Waals surface area contributed by atoms with Gasteiger partial charge in [0.1, 0.15) is 5.82 Å². The van der Waals surface area contributed by atoms with E-state index in [9.17, 15) is 14.3 Å². The molecule has 1 unspecified atom stereocenters. The number of halogens is 1. The molecule has 1 spiro atoms. The largest absolute Gasteiger partial charge is 0.478 e. The number of aliphatic imine (C=N–C) groups is 1. The SMILES string of the molecule is O=C(O)C1=C(c2ccc(F)cc2)C=CC2=CC=CC3=Nc4ccccc4C231. The van der Waals surface area contributed by atoms with Crippen LogP contribution in [0.5, 0.6) is 0 Å². The topological polar surface area (TPSA) is 49.7 Å². The minimum absolute atomic E-state index is 0.246. The average Bonchev–Trinajstić information content (AvgIpc) is 3.01. The van der Waals surface area contributed by atoms with Crippen LogP contribution in [0, 0.1) is 5.82 Å². The van der Waals surface area contributed by atoms with Crippen molar-refractivity contribution in [3.05, 3.63) is 107 Å². The first-order chi connectivity index (χ1) is 13.1. The van der Waals surface area contributed by atoms with Gasteiger partial charge in [-0.25, -0.2) is 9.18 Å². The van der Waals surface area contributed by atoms with Crippen LogP contribution in [0.1, 0.15) is 11.1 Å². The molecule has 0 aromatic heterocycles. The summed E-state index contributed by atoms with van der Waals surface area (Å²) in [5, 5.41) is 10.3. The second-order valence-corrected chi connectivity index (χ2v) is 6.68. The van der Waals surface area contributed by atoms with Gasteiger partial charge in [-0.3, -0.25) is 4.99 Å². The fraction of sp³-hybridized carbons (Fsp3) is 0.0435. The van der Waals surface area contributed by atoms with Crippen LogP contribution in [0.3, 0.4) is 0 Å². The highest BCUT2D eigenvalue weighted by atomic mass is 19.1. The van der Waals surface area contributed by atoms with Crippen molar-refractivity contribution in [2.45, 2.75) is 5.41 Å². The predicted octanol–water partition coefficient (Wildman–Crippen LogP) is 4.75. The molecule has 0 amide bonds. The predicted molar refractivity (Wildman–Crippen MR) is 103 cm³/mol. The Balaban J connectivity index is 1.88. The lowest BCUT2D eigenvalue weighted by molar-refractivity contribution is -0.133. The third-order valence-electron chi connectivity index (χ3n) is 5.34. The van der Waals surface area contributed by atoms with Crippen LogP contribution >= 0.6 is 0 Å². The van der Waals surface area contributed by atoms with Crippen LogP contribution in [-0.4, -0.2) is 16.8 Å². The molecule has 1 N–H and O–H groups in total. The Bertz CT molecular complexity index is 1150. The normalized spacial score (nSPS) is 22.0. The van der Waals surface area contributed by atoms with E-state index in [-0.39, 0.29) is 11.4 Å². The van der Waals surface area contributed by atoms with Crippen molar-refractivity contribution < 1.29 is 14.3 Å². The van der Waals surface area contributed by atoms with Crippen LogP contribution in [0.25, 0.3) is 5.57 Å². The van der Waals surface area contributed by atoms with Gasteiger partial charge >= 0.3 is 5.97 Å². The number of nitrogens with zero attached hydrogens (tertiary/aromatic N) is 1. The van der Waals surface area contributed by atoms with E-state index in [0.29, 0.717) is 16.8 Å². The average molecular weight is 355 g/mol. The number of hydrogen-bond acceptors (Lipinski definition) is 2. The monoisotopic (exact) mass is 355 g/mol. The molecular formula is C23H14FNO2. The third-order valence-corrected chi connectivity index (χ3v) is 5.34. The summed E-state index contributed by atoms with van der Waals surface area (Å²) in [4.78, 5) is 17.3. The lowest BCUT2D eigenvalue weighted by Gasteiger charge is -2.38. The van der Waals surface area contributed by atoms with E-state index in [2.05, 4.69) is 0 Å². The summed E-state index contributed by atoms with van der Waals surface area (Å²) in [6.07, 6.45) is 9.43. The molecule has 4 heteroatoms. The molecule has 0 saturated heterocycles. The molecule has 0 saturated carbocycles. The van der Waals surface area contributed by atoms with Gasteiger partial charge in [0.2, 0.25) is 0 Å².